The van der Waals surface area contributed by atoms with Gasteiger partial charge in [0.2, 0.25) is 0 Å². The number of benzene rings is 1. The molecule has 1 aromatic heterocycles. The average Bonchev–Trinajstić information content (AvgIpc) is 3.09. The summed E-state index contributed by atoms with van der Waals surface area (Å²) in [5, 5.41) is 9.62. The van der Waals surface area contributed by atoms with Gasteiger partial charge in [-0.15, -0.1) is 0 Å². The second-order valence-electron chi connectivity index (χ2n) is 7.26. The van der Waals surface area contributed by atoms with E-state index in [0.717, 1.165) is 5.56 Å². The van der Waals surface area contributed by atoms with Gasteiger partial charge in [-0.3, -0.25) is 5.32 Å². The first-order chi connectivity index (χ1) is 13.2. The number of carbonyl (C=O) groups excluding carboxylic acids is 2. The summed E-state index contributed by atoms with van der Waals surface area (Å²) in [6.45, 7) is 6.50. The van der Waals surface area contributed by atoms with E-state index < -0.39 is 6.09 Å². The highest BCUT2D eigenvalue weighted by Crippen LogP contribution is 2.24. The smallest absolute Gasteiger partial charge is 0.412 e. The molecule has 1 heterocycles. The number of nitrogens with zero attached hydrogens (tertiary/aromatic N) is 2. The van der Waals surface area contributed by atoms with Crippen molar-refractivity contribution in [2.75, 3.05) is 25.5 Å². The topological polar surface area (TPSA) is 96.7 Å². The summed E-state index contributed by atoms with van der Waals surface area (Å²) in [4.78, 5) is 25.3. The number of likely N-dealkylation sites (N-methyl/N-ethyl adjacent to an activating group) is 1. The standard InChI is InChI=1S/C19H25ClN4O4/c1-19(2,3)15-11-16(23-28-15)22-18(26)27-10-9-24(4)17(25)21-12-13-7-5-6-8-14(13)20/h5-8,11H,9-10,12H2,1-4H3,(H,21,25)(H,22,23,26). The summed E-state index contributed by atoms with van der Waals surface area (Å²) in [7, 11) is 1.61. The van der Waals surface area contributed by atoms with Crippen molar-refractivity contribution in [1.82, 2.24) is 15.4 Å². The molecule has 3 amide bonds. The summed E-state index contributed by atoms with van der Waals surface area (Å²) in [5.41, 5.74) is 0.612. The SMILES string of the molecule is CN(CCOC(=O)Nc1cc(C(C)(C)C)on1)C(=O)NCc1ccccc1Cl. The van der Waals surface area contributed by atoms with Crippen LogP contribution in [0.5, 0.6) is 0 Å². The molecule has 2 rings (SSSR count). The van der Waals surface area contributed by atoms with Crippen LogP contribution in [0.4, 0.5) is 15.4 Å². The van der Waals surface area contributed by atoms with E-state index in [1.807, 2.05) is 39.0 Å². The summed E-state index contributed by atoms with van der Waals surface area (Å²) in [6, 6.07) is 8.63. The minimum absolute atomic E-state index is 0.0336. The lowest BCUT2D eigenvalue weighted by molar-refractivity contribution is 0.146. The molecule has 28 heavy (non-hydrogen) atoms. The first-order valence-corrected chi connectivity index (χ1v) is 9.18. The third-order valence-corrected chi connectivity index (χ3v) is 4.24. The predicted molar refractivity (Wildman–Crippen MR) is 106 cm³/mol. The van der Waals surface area contributed by atoms with Gasteiger partial charge in [0.15, 0.2) is 5.82 Å². The molecule has 0 saturated carbocycles. The van der Waals surface area contributed by atoms with Crippen molar-refractivity contribution in [3.8, 4) is 0 Å². The lowest BCUT2D eigenvalue weighted by Crippen LogP contribution is -2.39. The number of nitrogens with one attached hydrogen (secondary N) is 2. The van der Waals surface area contributed by atoms with Gasteiger partial charge in [0.1, 0.15) is 12.4 Å². The molecule has 0 atom stereocenters. The van der Waals surface area contributed by atoms with Crippen LogP contribution in [0.25, 0.3) is 0 Å². The molecule has 0 aliphatic rings. The van der Waals surface area contributed by atoms with E-state index in [-0.39, 0.29) is 30.4 Å². The maximum Gasteiger partial charge on any atom is 0.412 e. The van der Waals surface area contributed by atoms with Crippen LogP contribution in [-0.2, 0) is 16.7 Å². The van der Waals surface area contributed by atoms with Crippen molar-refractivity contribution in [2.45, 2.75) is 32.7 Å². The van der Waals surface area contributed by atoms with E-state index in [0.29, 0.717) is 17.3 Å². The molecule has 152 valence electrons. The van der Waals surface area contributed by atoms with Gasteiger partial charge in [-0.2, -0.15) is 0 Å². The molecule has 2 N–H and O–H groups in total. The maximum atomic E-state index is 12.1. The number of halogens is 1. The predicted octanol–water partition coefficient (Wildman–Crippen LogP) is 4.02. The lowest BCUT2D eigenvalue weighted by atomic mass is 9.93. The van der Waals surface area contributed by atoms with E-state index in [1.54, 1.807) is 19.2 Å². The number of ether oxygens (including phenoxy) is 1. The number of anilines is 1. The Morgan fingerprint density at radius 1 is 1.29 bits per heavy atom. The normalized spacial score (nSPS) is 11.0. The second kappa shape index (κ2) is 9.45. The summed E-state index contributed by atoms with van der Waals surface area (Å²) < 4.78 is 10.3. The zero-order chi connectivity index (χ0) is 20.7. The minimum atomic E-state index is -0.668. The van der Waals surface area contributed by atoms with Gasteiger partial charge in [0, 0.05) is 30.1 Å². The molecule has 0 bridgehead atoms. The molecule has 0 aliphatic carbocycles. The first-order valence-electron chi connectivity index (χ1n) is 8.80. The van der Waals surface area contributed by atoms with E-state index in [4.69, 9.17) is 20.9 Å². The number of amides is 3. The van der Waals surface area contributed by atoms with Crippen LogP contribution in [0.15, 0.2) is 34.9 Å². The van der Waals surface area contributed by atoms with Gasteiger partial charge in [-0.05, 0) is 11.6 Å². The third kappa shape index (κ3) is 6.45. The minimum Gasteiger partial charge on any atom is -0.447 e. The van der Waals surface area contributed by atoms with E-state index >= 15 is 0 Å². The molecule has 0 radical (unpaired) electrons. The fourth-order valence-electron chi connectivity index (χ4n) is 2.15. The van der Waals surface area contributed by atoms with Crippen LogP contribution in [-0.4, -0.2) is 42.4 Å². The van der Waals surface area contributed by atoms with Crippen molar-refractivity contribution in [2.24, 2.45) is 0 Å². The Labute approximate surface area is 169 Å². The van der Waals surface area contributed by atoms with Crippen molar-refractivity contribution in [3.63, 3.8) is 0 Å². The Hall–Kier alpha value is -2.74. The maximum absolute atomic E-state index is 12.1. The highest BCUT2D eigenvalue weighted by Gasteiger charge is 2.20. The van der Waals surface area contributed by atoms with Crippen LogP contribution >= 0.6 is 11.6 Å². The number of hydrogen-bond acceptors (Lipinski definition) is 5. The molecule has 9 heteroatoms. The van der Waals surface area contributed by atoms with Gasteiger partial charge in [0.05, 0.1) is 6.54 Å². The first kappa shape index (κ1) is 21.6. The van der Waals surface area contributed by atoms with Gasteiger partial charge in [-0.25, -0.2) is 9.59 Å². The van der Waals surface area contributed by atoms with E-state index in [9.17, 15) is 9.59 Å². The van der Waals surface area contributed by atoms with Crippen molar-refractivity contribution in [3.05, 3.63) is 46.7 Å². The van der Waals surface area contributed by atoms with Crippen LogP contribution in [0.1, 0.15) is 32.1 Å². The monoisotopic (exact) mass is 408 g/mol. The Balaban J connectivity index is 1.70. The van der Waals surface area contributed by atoms with Crippen LogP contribution in [0.2, 0.25) is 5.02 Å². The van der Waals surface area contributed by atoms with E-state index in [2.05, 4.69) is 15.8 Å². The van der Waals surface area contributed by atoms with Crippen LogP contribution in [0.3, 0.4) is 0 Å². The quantitative estimate of drug-likeness (QED) is 0.752. The Morgan fingerprint density at radius 3 is 2.64 bits per heavy atom. The zero-order valence-corrected chi connectivity index (χ0v) is 17.2. The van der Waals surface area contributed by atoms with Crippen molar-refractivity contribution in [1.29, 1.82) is 0 Å². The molecule has 0 saturated heterocycles. The Morgan fingerprint density at radius 2 is 2.00 bits per heavy atom. The molecule has 0 unspecified atom stereocenters. The molecule has 0 aliphatic heterocycles. The second-order valence-corrected chi connectivity index (χ2v) is 7.67. The fraction of sp³-hybridized carbons (Fsp3) is 0.421. The van der Waals surface area contributed by atoms with Gasteiger partial charge < -0.3 is 19.5 Å². The molecule has 0 fully saturated rings. The van der Waals surface area contributed by atoms with Gasteiger partial charge in [0.25, 0.3) is 0 Å². The number of urea groups is 1. The van der Waals surface area contributed by atoms with Crippen molar-refractivity contribution >= 4 is 29.5 Å². The fourth-order valence-corrected chi connectivity index (χ4v) is 2.36. The van der Waals surface area contributed by atoms with E-state index in [1.165, 1.54) is 4.90 Å². The number of carbonyl (C=O) groups is 2. The highest BCUT2D eigenvalue weighted by molar-refractivity contribution is 6.31. The summed E-state index contributed by atoms with van der Waals surface area (Å²) in [5.74, 6) is 0.929. The largest absolute Gasteiger partial charge is 0.447 e. The number of hydrogen-bond donors (Lipinski definition) is 2. The zero-order valence-electron chi connectivity index (χ0n) is 16.4. The van der Waals surface area contributed by atoms with Crippen LogP contribution < -0.4 is 10.6 Å². The number of aromatic nitrogens is 1. The molecule has 0 spiro atoms. The molecular formula is C19H25ClN4O4. The molecule has 8 nitrogen and oxygen atoms in total. The van der Waals surface area contributed by atoms with Crippen molar-refractivity contribution < 1.29 is 18.8 Å². The Kier molecular flexibility index (Phi) is 7.28. The molecule has 2 aromatic rings. The van der Waals surface area contributed by atoms with Crippen LogP contribution in [0, 0.1) is 0 Å². The average molecular weight is 409 g/mol. The molecule has 1 aromatic carbocycles. The molecular weight excluding hydrogens is 384 g/mol. The van der Waals surface area contributed by atoms with Gasteiger partial charge >= 0.3 is 12.1 Å². The summed E-state index contributed by atoms with van der Waals surface area (Å²) in [6.07, 6.45) is -0.668. The summed E-state index contributed by atoms with van der Waals surface area (Å²) >= 11 is 6.06. The Bertz CT molecular complexity index is 816. The number of rotatable bonds is 6. The van der Waals surface area contributed by atoms with Gasteiger partial charge in [-0.1, -0.05) is 55.7 Å². The third-order valence-electron chi connectivity index (χ3n) is 3.87. The highest BCUT2D eigenvalue weighted by atomic mass is 35.5. The lowest BCUT2D eigenvalue weighted by Gasteiger charge is -2.18.